The van der Waals surface area contributed by atoms with Gasteiger partial charge in [-0.05, 0) is 61.9 Å². The lowest BCUT2D eigenvalue weighted by molar-refractivity contribution is -0.111. The zero-order valence-electron chi connectivity index (χ0n) is 15.2. The number of amides is 2. The van der Waals surface area contributed by atoms with Gasteiger partial charge in [-0.2, -0.15) is 0 Å². The number of carbonyl (C=O) groups excluding carboxylic acids is 2. The van der Waals surface area contributed by atoms with E-state index in [0.29, 0.717) is 22.7 Å². The largest absolute Gasteiger partial charge is 0.462 e. The van der Waals surface area contributed by atoms with Gasteiger partial charge in [-0.15, -0.1) is 0 Å². The lowest BCUT2D eigenvalue weighted by atomic mass is 10.1. The SMILES string of the molecule is Cc1ccc(/C=C/C(=O)Nc2cccc(NC(=O)c3ccccc3)c2C)o1. The first kappa shape index (κ1) is 18.2. The van der Waals surface area contributed by atoms with Gasteiger partial charge in [0.25, 0.3) is 5.91 Å². The molecule has 0 spiro atoms. The molecule has 0 saturated carbocycles. The summed E-state index contributed by atoms with van der Waals surface area (Å²) in [4.78, 5) is 24.5. The smallest absolute Gasteiger partial charge is 0.255 e. The zero-order valence-corrected chi connectivity index (χ0v) is 15.2. The Bertz CT molecular complexity index is 988. The number of anilines is 2. The Morgan fingerprint density at radius 1 is 0.852 bits per heavy atom. The molecule has 0 aliphatic heterocycles. The summed E-state index contributed by atoms with van der Waals surface area (Å²) in [5.41, 5.74) is 2.62. The second-order valence-corrected chi connectivity index (χ2v) is 6.07. The molecule has 0 radical (unpaired) electrons. The minimum atomic E-state index is -0.279. The first-order chi connectivity index (χ1) is 13.0. The molecule has 0 bridgehead atoms. The van der Waals surface area contributed by atoms with Crippen molar-refractivity contribution in [1.82, 2.24) is 0 Å². The molecule has 0 saturated heterocycles. The third-order valence-corrected chi connectivity index (χ3v) is 4.04. The summed E-state index contributed by atoms with van der Waals surface area (Å²) in [6, 6.07) is 18.0. The van der Waals surface area contributed by atoms with Crippen LogP contribution >= 0.6 is 0 Å². The van der Waals surface area contributed by atoms with Crippen LogP contribution in [0, 0.1) is 13.8 Å². The molecule has 0 aliphatic rings. The third-order valence-electron chi connectivity index (χ3n) is 4.04. The van der Waals surface area contributed by atoms with E-state index in [4.69, 9.17) is 4.42 Å². The van der Waals surface area contributed by atoms with Crippen LogP contribution in [0.25, 0.3) is 6.08 Å². The van der Waals surface area contributed by atoms with Crippen LogP contribution in [0.1, 0.15) is 27.4 Å². The van der Waals surface area contributed by atoms with Gasteiger partial charge in [0.2, 0.25) is 5.91 Å². The summed E-state index contributed by atoms with van der Waals surface area (Å²) in [5.74, 6) is 0.921. The summed E-state index contributed by atoms with van der Waals surface area (Å²) in [5, 5.41) is 5.70. The Morgan fingerprint density at radius 2 is 1.56 bits per heavy atom. The van der Waals surface area contributed by atoms with Gasteiger partial charge >= 0.3 is 0 Å². The van der Waals surface area contributed by atoms with E-state index in [2.05, 4.69) is 10.6 Å². The maximum atomic E-state index is 12.3. The van der Waals surface area contributed by atoms with Crippen LogP contribution in [0.3, 0.4) is 0 Å². The normalized spacial score (nSPS) is 10.7. The molecule has 2 aromatic carbocycles. The topological polar surface area (TPSA) is 71.3 Å². The Morgan fingerprint density at radius 3 is 2.22 bits per heavy atom. The van der Waals surface area contributed by atoms with Gasteiger partial charge in [-0.3, -0.25) is 9.59 Å². The van der Waals surface area contributed by atoms with Crippen LogP contribution in [-0.2, 0) is 4.79 Å². The highest BCUT2D eigenvalue weighted by Crippen LogP contribution is 2.24. The number of carbonyl (C=O) groups is 2. The molecule has 3 rings (SSSR count). The molecule has 2 amide bonds. The van der Waals surface area contributed by atoms with Crippen LogP contribution in [0.5, 0.6) is 0 Å². The molecule has 136 valence electrons. The number of aryl methyl sites for hydroxylation is 1. The van der Waals surface area contributed by atoms with Crippen LogP contribution in [-0.4, -0.2) is 11.8 Å². The number of benzene rings is 2. The van der Waals surface area contributed by atoms with Crippen molar-refractivity contribution in [2.45, 2.75) is 13.8 Å². The number of nitrogens with one attached hydrogen (secondary N) is 2. The molecule has 0 unspecified atom stereocenters. The summed E-state index contributed by atoms with van der Waals surface area (Å²) in [6.45, 7) is 3.69. The van der Waals surface area contributed by atoms with Crippen LogP contribution < -0.4 is 10.6 Å². The summed E-state index contributed by atoms with van der Waals surface area (Å²) < 4.78 is 5.40. The summed E-state index contributed by atoms with van der Waals surface area (Å²) >= 11 is 0. The molecule has 1 aromatic heterocycles. The van der Waals surface area contributed by atoms with Crippen LogP contribution in [0.15, 0.2) is 71.2 Å². The minimum Gasteiger partial charge on any atom is -0.462 e. The molecule has 2 N–H and O–H groups in total. The van der Waals surface area contributed by atoms with Crippen molar-refractivity contribution >= 4 is 29.3 Å². The number of hydrogen-bond acceptors (Lipinski definition) is 3. The van der Waals surface area contributed by atoms with E-state index in [-0.39, 0.29) is 11.8 Å². The van der Waals surface area contributed by atoms with Crippen molar-refractivity contribution in [3.05, 3.63) is 89.4 Å². The molecular formula is C22H20N2O3. The molecular weight excluding hydrogens is 340 g/mol. The van der Waals surface area contributed by atoms with Crippen LogP contribution in [0.4, 0.5) is 11.4 Å². The van der Waals surface area contributed by atoms with Crippen molar-refractivity contribution in [1.29, 1.82) is 0 Å². The van der Waals surface area contributed by atoms with E-state index < -0.39 is 0 Å². The van der Waals surface area contributed by atoms with Gasteiger partial charge in [-0.25, -0.2) is 0 Å². The molecule has 3 aromatic rings. The maximum Gasteiger partial charge on any atom is 0.255 e. The second kappa shape index (κ2) is 8.19. The maximum absolute atomic E-state index is 12.3. The predicted octanol–water partition coefficient (Wildman–Crippen LogP) is 4.80. The van der Waals surface area contributed by atoms with Gasteiger partial charge in [0, 0.05) is 23.0 Å². The number of rotatable bonds is 5. The van der Waals surface area contributed by atoms with Gasteiger partial charge in [0.05, 0.1) is 0 Å². The fraction of sp³-hybridized carbons (Fsp3) is 0.0909. The van der Waals surface area contributed by atoms with E-state index in [0.717, 1.165) is 11.3 Å². The molecule has 5 nitrogen and oxygen atoms in total. The van der Waals surface area contributed by atoms with Gasteiger partial charge in [0.15, 0.2) is 0 Å². The zero-order chi connectivity index (χ0) is 19.2. The molecule has 1 heterocycles. The van der Waals surface area contributed by atoms with Crippen molar-refractivity contribution in [3.63, 3.8) is 0 Å². The fourth-order valence-corrected chi connectivity index (χ4v) is 2.57. The minimum absolute atomic E-state index is 0.199. The first-order valence-electron chi connectivity index (χ1n) is 8.54. The monoisotopic (exact) mass is 360 g/mol. The van der Waals surface area contributed by atoms with Crippen molar-refractivity contribution in [3.8, 4) is 0 Å². The van der Waals surface area contributed by atoms with Crippen molar-refractivity contribution in [2.75, 3.05) is 10.6 Å². The first-order valence-corrected chi connectivity index (χ1v) is 8.54. The lowest BCUT2D eigenvalue weighted by Crippen LogP contribution is -2.14. The van der Waals surface area contributed by atoms with E-state index >= 15 is 0 Å². The Balaban J connectivity index is 1.70. The van der Waals surface area contributed by atoms with E-state index in [1.807, 2.05) is 38.1 Å². The van der Waals surface area contributed by atoms with E-state index in [9.17, 15) is 9.59 Å². The van der Waals surface area contributed by atoms with E-state index in [1.54, 1.807) is 42.5 Å². The molecule has 0 atom stereocenters. The number of hydrogen-bond donors (Lipinski definition) is 2. The second-order valence-electron chi connectivity index (χ2n) is 6.07. The van der Waals surface area contributed by atoms with Gasteiger partial charge < -0.3 is 15.1 Å². The third kappa shape index (κ3) is 4.73. The molecule has 0 fully saturated rings. The highest BCUT2D eigenvalue weighted by molar-refractivity contribution is 6.06. The highest BCUT2D eigenvalue weighted by Gasteiger charge is 2.10. The van der Waals surface area contributed by atoms with Gasteiger partial charge in [-0.1, -0.05) is 24.3 Å². The molecule has 27 heavy (non-hydrogen) atoms. The lowest BCUT2D eigenvalue weighted by Gasteiger charge is -2.13. The quantitative estimate of drug-likeness (QED) is 0.642. The average Bonchev–Trinajstić information content (AvgIpc) is 3.09. The van der Waals surface area contributed by atoms with Gasteiger partial charge in [0.1, 0.15) is 11.5 Å². The number of furan rings is 1. The molecule has 0 aliphatic carbocycles. The summed E-state index contributed by atoms with van der Waals surface area (Å²) in [7, 11) is 0. The Hall–Kier alpha value is -3.60. The highest BCUT2D eigenvalue weighted by atomic mass is 16.3. The van der Waals surface area contributed by atoms with Crippen molar-refractivity contribution < 1.29 is 14.0 Å². The molecule has 5 heteroatoms. The van der Waals surface area contributed by atoms with Crippen molar-refractivity contribution in [2.24, 2.45) is 0 Å². The Labute approximate surface area is 157 Å². The average molecular weight is 360 g/mol. The Kier molecular flexibility index (Phi) is 5.52. The standard InChI is InChI=1S/C22H20N2O3/c1-15-11-12-18(27-15)13-14-21(25)23-19-9-6-10-20(16(19)2)24-22(26)17-7-4-3-5-8-17/h3-14H,1-2H3,(H,23,25)(H,24,26)/b14-13+. The van der Waals surface area contributed by atoms with E-state index in [1.165, 1.54) is 6.08 Å². The fourth-order valence-electron chi connectivity index (χ4n) is 2.57. The summed E-state index contributed by atoms with van der Waals surface area (Å²) in [6.07, 6.45) is 3.02. The van der Waals surface area contributed by atoms with Crippen LogP contribution in [0.2, 0.25) is 0 Å². The predicted molar refractivity (Wildman–Crippen MR) is 107 cm³/mol.